The van der Waals surface area contributed by atoms with Crippen molar-refractivity contribution in [3.05, 3.63) is 36.9 Å². The van der Waals surface area contributed by atoms with Crippen LogP contribution >= 0.6 is 38.6 Å². The Hall–Kier alpha value is -0.520. The van der Waals surface area contributed by atoms with Crippen LogP contribution in [0.4, 0.5) is 0 Å². The molecule has 0 aromatic carbocycles. The maximum atomic E-state index is 12.1. The van der Waals surface area contributed by atoms with Gasteiger partial charge >= 0.3 is 0 Å². The maximum Gasteiger partial charge on any atom is 0.180 e. The zero-order chi connectivity index (χ0) is 13.3. The Morgan fingerprint density at radius 3 is 2.61 bits per heavy atom. The molecule has 2 nitrogen and oxygen atoms in total. The first-order valence-electron chi connectivity index (χ1n) is 5.59. The van der Waals surface area contributed by atoms with Gasteiger partial charge in [0.15, 0.2) is 5.78 Å². The second kappa shape index (κ2) is 5.23. The highest BCUT2D eigenvalue weighted by Gasteiger charge is 2.19. The summed E-state index contributed by atoms with van der Waals surface area (Å²) in [6.45, 7) is 6.39. The number of nitrogens with zero attached hydrogens (tertiary/aromatic N) is 1. The first kappa shape index (κ1) is 13.9. The Kier molecular flexibility index (Phi) is 4.04. The number of thiazole rings is 1. The number of carbonyl (C=O) groups is 1. The number of ketones is 1. The number of halogens is 1. The molecule has 0 aliphatic heterocycles. The van der Waals surface area contributed by atoms with Gasteiger partial charge in [0.1, 0.15) is 5.01 Å². The highest BCUT2D eigenvalue weighted by Crippen LogP contribution is 2.27. The summed E-state index contributed by atoms with van der Waals surface area (Å²) < 4.78 is 0.880. The van der Waals surface area contributed by atoms with Crippen molar-refractivity contribution in [1.82, 2.24) is 4.98 Å². The summed E-state index contributed by atoms with van der Waals surface area (Å²) in [5.74, 6) is 0.131. The second-order valence-corrected chi connectivity index (χ2v) is 7.79. The highest BCUT2D eigenvalue weighted by atomic mass is 79.9. The van der Waals surface area contributed by atoms with Crippen LogP contribution in [-0.4, -0.2) is 10.8 Å². The van der Waals surface area contributed by atoms with E-state index in [4.69, 9.17) is 0 Å². The zero-order valence-corrected chi connectivity index (χ0v) is 13.7. The van der Waals surface area contributed by atoms with Gasteiger partial charge in [0.25, 0.3) is 0 Å². The van der Waals surface area contributed by atoms with E-state index >= 15 is 0 Å². The number of rotatable bonds is 3. The fourth-order valence-electron chi connectivity index (χ4n) is 1.45. The van der Waals surface area contributed by atoms with E-state index in [0.717, 1.165) is 20.1 Å². The standard InChI is InChI=1S/C13H14BrNOS2/c1-13(2,3)10-7-18-11(15-10)6-9(16)12-8(14)4-5-17-12/h4-5,7H,6H2,1-3H3. The van der Waals surface area contributed by atoms with Gasteiger partial charge in [-0.3, -0.25) is 4.79 Å². The predicted octanol–water partition coefficient (Wildman–Crippen LogP) is 4.69. The molecule has 0 saturated heterocycles. The zero-order valence-electron chi connectivity index (χ0n) is 10.5. The molecule has 0 aliphatic carbocycles. The van der Waals surface area contributed by atoms with E-state index in [0.29, 0.717) is 6.42 Å². The SMILES string of the molecule is CC(C)(C)c1csc(CC(=O)c2sccc2Br)n1. The third kappa shape index (κ3) is 3.08. The van der Waals surface area contributed by atoms with Crippen LogP contribution in [0.25, 0.3) is 0 Å². The average Bonchev–Trinajstić information content (AvgIpc) is 2.85. The van der Waals surface area contributed by atoms with E-state index in [1.807, 2.05) is 16.8 Å². The maximum absolute atomic E-state index is 12.1. The van der Waals surface area contributed by atoms with Gasteiger partial charge in [0.05, 0.1) is 17.0 Å². The van der Waals surface area contributed by atoms with Gasteiger partial charge in [0, 0.05) is 15.3 Å². The third-order valence-corrected chi connectivity index (χ3v) is 5.23. The summed E-state index contributed by atoms with van der Waals surface area (Å²) in [6.07, 6.45) is 0.389. The van der Waals surface area contributed by atoms with Crippen LogP contribution in [0, 0.1) is 0 Å². The molecule has 2 heterocycles. The molecule has 2 rings (SSSR count). The summed E-state index contributed by atoms with van der Waals surface area (Å²) in [6, 6.07) is 1.90. The topological polar surface area (TPSA) is 30.0 Å². The van der Waals surface area contributed by atoms with Crippen LogP contribution in [0.3, 0.4) is 0 Å². The van der Waals surface area contributed by atoms with Gasteiger partial charge < -0.3 is 0 Å². The molecule has 0 spiro atoms. The van der Waals surface area contributed by atoms with E-state index in [-0.39, 0.29) is 11.2 Å². The van der Waals surface area contributed by atoms with E-state index in [9.17, 15) is 4.79 Å². The molecule has 0 bridgehead atoms. The quantitative estimate of drug-likeness (QED) is 0.756. The fraction of sp³-hybridized carbons (Fsp3) is 0.385. The molecule has 2 aromatic rings. The summed E-state index contributed by atoms with van der Waals surface area (Å²) in [7, 11) is 0. The number of hydrogen-bond acceptors (Lipinski definition) is 4. The van der Waals surface area contributed by atoms with E-state index < -0.39 is 0 Å². The molecule has 0 radical (unpaired) electrons. The number of hydrogen-bond donors (Lipinski definition) is 0. The molecule has 0 atom stereocenters. The summed E-state index contributed by atoms with van der Waals surface area (Å²) in [5, 5.41) is 4.86. The molecule has 2 aromatic heterocycles. The summed E-state index contributed by atoms with van der Waals surface area (Å²) in [5.41, 5.74) is 1.10. The normalized spacial score (nSPS) is 11.8. The molecule has 0 amide bonds. The lowest BCUT2D eigenvalue weighted by Crippen LogP contribution is -2.12. The molecule has 0 aliphatic rings. The van der Waals surface area contributed by atoms with Crippen molar-refractivity contribution >= 4 is 44.4 Å². The molecule has 18 heavy (non-hydrogen) atoms. The molecule has 0 N–H and O–H groups in total. The smallest absolute Gasteiger partial charge is 0.180 e. The minimum absolute atomic E-state index is 0.0430. The van der Waals surface area contributed by atoms with Crippen LogP contribution in [0.2, 0.25) is 0 Å². The van der Waals surface area contributed by atoms with Crippen LogP contribution < -0.4 is 0 Å². The lowest BCUT2D eigenvalue weighted by molar-refractivity contribution is 0.0996. The Bertz CT molecular complexity index is 566. The molecule has 96 valence electrons. The lowest BCUT2D eigenvalue weighted by atomic mass is 9.93. The van der Waals surface area contributed by atoms with Crippen LogP contribution in [0.15, 0.2) is 21.3 Å². The summed E-state index contributed by atoms with van der Waals surface area (Å²) in [4.78, 5) is 17.4. The van der Waals surface area contributed by atoms with Crippen molar-refractivity contribution in [2.45, 2.75) is 32.6 Å². The average molecular weight is 344 g/mol. The molecule has 0 fully saturated rings. The van der Waals surface area contributed by atoms with Crippen molar-refractivity contribution < 1.29 is 4.79 Å². The van der Waals surface area contributed by atoms with Crippen molar-refractivity contribution in [2.24, 2.45) is 0 Å². The van der Waals surface area contributed by atoms with Crippen molar-refractivity contribution in [3.63, 3.8) is 0 Å². The van der Waals surface area contributed by atoms with Crippen molar-refractivity contribution in [2.75, 3.05) is 0 Å². The van der Waals surface area contributed by atoms with Crippen LogP contribution in [0.1, 0.15) is 41.1 Å². The van der Waals surface area contributed by atoms with E-state index in [1.165, 1.54) is 11.3 Å². The highest BCUT2D eigenvalue weighted by molar-refractivity contribution is 9.10. The Balaban J connectivity index is 2.13. The van der Waals surface area contributed by atoms with Crippen LogP contribution in [0.5, 0.6) is 0 Å². The fourth-order valence-corrected chi connectivity index (χ4v) is 4.00. The molecule has 0 unspecified atom stereocenters. The Morgan fingerprint density at radius 1 is 1.39 bits per heavy atom. The molecule has 5 heteroatoms. The van der Waals surface area contributed by atoms with Crippen molar-refractivity contribution in [1.29, 1.82) is 0 Å². The first-order chi connectivity index (χ1) is 8.38. The Morgan fingerprint density at radius 2 is 2.11 bits per heavy atom. The Labute approximate surface area is 123 Å². The van der Waals surface area contributed by atoms with Gasteiger partial charge in [-0.05, 0) is 27.4 Å². The predicted molar refractivity (Wildman–Crippen MR) is 80.9 cm³/mol. The van der Waals surface area contributed by atoms with Gasteiger partial charge in [-0.15, -0.1) is 22.7 Å². The van der Waals surface area contributed by atoms with E-state index in [1.54, 1.807) is 11.3 Å². The second-order valence-electron chi connectivity index (χ2n) is 5.07. The first-order valence-corrected chi connectivity index (χ1v) is 8.14. The summed E-state index contributed by atoms with van der Waals surface area (Å²) >= 11 is 6.42. The minimum atomic E-state index is 0.0430. The van der Waals surface area contributed by atoms with Gasteiger partial charge in [-0.1, -0.05) is 20.8 Å². The van der Waals surface area contributed by atoms with Gasteiger partial charge in [0.2, 0.25) is 0 Å². The lowest BCUT2D eigenvalue weighted by Gasteiger charge is -2.14. The van der Waals surface area contributed by atoms with E-state index in [2.05, 4.69) is 41.7 Å². The minimum Gasteiger partial charge on any atom is -0.293 e. The third-order valence-electron chi connectivity index (χ3n) is 2.50. The number of Topliss-reactive ketones (excluding diaryl/α,β-unsaturated/α-hetero) is 1. The van der Waals surface area contributed by atoms with Gasteiger partial charge in [-0.2, -0.15) is 0 Å². The molecular formula is C13H14BrNOS2. The molecule has 0 saturated carbocycles. The van der Waals surface area contributed by atoms with Crippen LogP contribution in [-0.2, 0) is 11.8 Å². The number of aromatic nitrogens is 1. The monoisotopic (exact) mass is 343 g/mol. The number of thiophene rings is 1. The number of carbonyl (C=O) groups excluding carboxylic acids is 1. The van der Waals surface area contributed by atoms with Gasteiger partial charge in [-0.25, -0.2) is 4.98 Å². The molecular weight excluding hydrogens is 330 g/mol. The van der Waals surface area contributed by atoms with Crippen molar-refractivity contribution in [3.8, 4) is 0 Å². The largest absolute Gasteiger partial charge is 0.293 e.